The molecule has 1 aromatic carbocycles. The van der Waals surface area contributed by atoms with E-state index < -0.39 is 10.0 Å². The lowest BCUT2D eigenvalue weighted by molar-refractivity contribution is 0.507. The third-order valence-corrected chi connectivity index (χ3v) is 6.94. The monoisotopic (exact) mass is 475 g/mol. The molecule has 0 spiro atoms. The van der Waals surface area contributed by atoms with Crippen molar-refractivity contribution in [2.75, 3.05) is 23.7 Å². The maximum Gasteiger partial charge on any atom is 0.238 e. The number of rotatable bonds is 4. The van der Waals surface area contributed by atoms with Crippen LogP contribution in [-0.2, 0) is 10.0 Å². The van der Waals surface area contributed by atoms with Crippen LogP contribution in [-0.4, -0.2) is 42.5 Å². The molecule has 4 aromatic rings. The van der Waals surface area contributed by atoms with Gasteiger partial charge in [-0.05, 0) is 49.2 Å². The zero-order chi connectivity index (χ0) is 23.9. The molecular weight excluding hydrogens is 450 g/mol. The number of sulfonamides is 1. The van der Waals surface area contributed by atoms with Crippen LogP contribution in [0.3, 0.4) is 0 Å². The maximum atomic E-state index is 11.8. The van der Waals surface area contributed by atoms with E-state index in [4.69, 9.17) is 21.6 Å². The Morgan fingerprint density at radius 1 is 1.03 bits per heavy atom. The fraction of sp³-hybridized carbons (Fsp3) is 0.208. The Morgan fingerprint density at radius 3 is 2.68 bits per heavy atom. The average molecular weight is 476 g/mol. The molecule has 34 heavy (non-hydrogen) atoms. The predicted octanol–water partition coefficient (Wildman–Crippen LogP) is 2.52. The first-order valence-electron chi connectivity index (χ1n) is 10.9. The normalized spacial score (nSPS) is 16.6. The van der Waals surface area contributed by atoms with Crippen LogP contribution in [0, 0.1) is 0 Å². The molecule has 6 N–H and O–H groups in total. The van der Waals surface area contributed by atoms with Gasteiger partial charge in [0.15, 0.2) is 0 Å². The summed E-state index contributed by atoms with van der Waals surface area (Å²) < 4.78 is 23.6. The van der Waals surface area contributed by atoms with Gasteiger partial charge in [-0.25, -0.2) is 18.5 Å². The largest absolute Gasteiger partial charge is 0.397 e. The molecule has 0 saturated carbocycles. The minimum absolute atomic E-state index is 0.0180. The number of benzene rings is 1. The summed E-state index contributed by atoms with van der Waals surface area (Å²) in [6, 6.07) is 13.9. The molecule has 3 aromatic heterocycles. The van der Waals surface area contributed by atoms with Crippen LogP contribution < -0.4 is 21.5 Å². The van der Waals surface area contributed by atoms with Gasteiger partial charge in [0.25, 0.3) is 0 Å². The van der Waals surface area contributed by atoms with Crippen LogP contribution in [0.4, 0.5) is 11.4 Å². The van der Waals surface area contributed by atoms with Crippen molar-refractivity contribution in [3.05, 3.63) is 60.9 Å². The van der Waals surface area contributed by atoms with Crippen molar-refractivity contribution < 1.29 is 8.42 Å². The summed E-state index contributed by atoms with van der Waals surface area (Å²) >= 11 is 0. The highest BCUT2D eigenvalue weighted by molar-refractivity contribution is 7.89. The van der Waals surface area contributed by atoms with Crippen molar-refractivity contribution in [2.24, 2.45) is 10.9 Å². The molecule has 0 bridgehead atoms. The molecule has 1 saturated heterocycles. The van der Waals surface area contributed by atoms with E-state index in [1.807, 2.05) is 12.1 Å². The van der Waals surface area contributed by atoms with Gasteiger partial charge < -0.3 is 16.4 Å². The minimum atomic E-state index is -3.83. The van der Waals surface area contributed by atoms with Gasteiger partial charge in [-0.1, -0.05) is 12.1 Å². The number of primary sulfonamides is 1. The standard InChI is InChI=1S/C24H25N7O2S/c25-16-4-2-10-31(14-16)23-8-9-28-22-13-29-21(12-18(22)23)24-19(26)6-7-20(30-24)15-3-1-5-17(11-15)34(27,32)33/h1,3,5-9,11-13,16H,2,4,10,14,25-26H2,(H2,27,32,33). The summed E-state index contributed by atoms with van der Waals surface area (Å²) in [4.78, 5) is 16.1. The summed E-state index contributed by atoms with van der Waals surface area (Å²) in [5.41, 5.74) is 17.1. The van der Waals surface area contributed by atoms with Crippen molar-refractivity contribution in [2.45, 2.75) is 23.8 Å². The second-order valence-corrected chi connectivity index (χ2v) is 10.0. The van der Waals surface area contributed by atoms with Gasteiger partial charge in [0.2, 0.25) is 10.0 Å². The second kappa shape index (κ2) is 8.64. The highest BCUT2D eigenvalue weighted by Crippen LogP contribution is 2.32. The summed E-state index contributed by atoms with van der Waals surface area (Å²) in [6.07, 6.45) is 5.56. The van der Waals surface area contributed by atoms with Crippen LogP contribution >= 0.6 is 0 Å². The van der Waals surface area contributed by atoms with E-state index in [9.17, 15) is 8.42 Å². The zero-order valence-electron chi connectivity index (χ0n) is 18.4. The maximum absolute atomic E-state index is 11.8. The molecule has 0 amide bonds. The molecule has 174 valence electrons. The van der Waals surface area contributed by atoms with Gasteiger partial charge in [0, 0.05) is 42.0 Å². The van der Waals surface area contributed by atoms with Gasteiger partial charge >= 0.3 is 0 Å². The lowest BCUT2D eigenvalue weighted by Crippen LogP contribution is -2.42. The molecule has 1 fully saturated rings. The number of hydrogen-bond acceptors (Lipinski definition) is 8. The second-order valence-electron chi connectivity index (χ2n) is 8.47. The first-order chi connectivity index (χ1) is 16.3. The number of anilines is 2. The summed E-state index contributed by atoms with van der Waals surface area (Å²) in [5, 5.41) is 6.24. The third kappa shape index (κ3) is 4.30. The molecule has 10 heteroatoms. The molecule has 0 aliphatic carbocycles. The number of nitrogens with two attached hydrogens (primary N) is 3. The highest BCUT2D eigenvalue weighted by Gasteiger charge is 2.20. The van der Waals surface area contributed by atoms with Crippen LogP contribution in [0.15, 0.2) is 65.8 Å². The number of fused-ring (bicyclic) bond motifs is 1. The SMILES string of the molecule is Nc1ccc(-c2cccc(S(N)(=O)=O)c2)nc1-c1cc2c(N3CCCC(N)C3)ccnc2cn1. The van der Waals surface area contributed by atoms with Crippen molar-refractivity contribution >= 4 is 32.3 Å². The van der Waals surface area contributed by atoms with Crippen molar-refractivity contribution in [1.29, 1.82) is 0 Å². The van der Waals surface area contributed by atoms with E-state index in [0.29, 0.717) is 28.3 Å². The van der Waals surface area contributed by atoms with Crippen LogP contribution in [0.2, 0.25) is 0 Å². The number of nitrogen functional groups attached to an aromatic ring is 1. The average Bonchev–Trinajstić information content (AvgIpc) is 2.83. The van der Waals surface area contributed by atoms with Crippen LogP contribution in [0.1, 0.15) is 12.8 Å². The summed E-state index contributed by atoms with van der Waals surface area (Å²) in [6.45, 7) is 1.72. The van der Waals surface area contributed by atoms with Gasteiger partial charge in [-0.15, -0.1) is 0 Å². The Bertz CT molecular complexity index is 1490. The van der Waals surface area contributed by atoms with Crippen molar-refractivity contribution in [1.82, 2.24) is 15.0 Å². The fourth-order valence-corrected chi connectivity index (χ4v) is 4.90. The number of aromatic nitrogens is 3. The van der Waals surface area contributed by atoms with E-state index in [2.05, 4.69) is 14.9 Å². The minimum Gasteiger partial charge on any atom is -0.397 e. The van der Waals surface area contributed by atoms with Crippen LogP contribution in [0.5, 0.6) is 0 Å². The van der Waals surface area contributed by atoms with Crippen LogP contribution in [0.25, 0.3) is 33.5 Å². The van der Waals surface area contributed by atoms with Gasteiger partial charge in [-0.3, -0.25) is 9.97 Å². The summed E-state index contributed by atoms with van der Waals surface area (Å²) in [7, 11) is -3.83. The predicted molar refractivity (Wildman–Crippen MR) is 133 cm³/mol. The zero-order valence-corrected chi connectivity index (χ0v) is 19.2. The quantitative estimate of drug-likeness (QED) is 0.407. The molecule has 5 rings (SSSR count). The summed E-state index contributed by atoms with van der Waals surface area (Å²) in [5.74, 6) is 0. The first-order valence-corrected chi connectivity index (χ1v) is 12.5. The molecular formula is C24H25N7O2S. The van der Waals surface area contributed by atoms with Gasteiger partial charge in [0.05, 0.1) is 33.7 Å². The number of hydrogen-bond donors (Lipinski definition) is 3. The Labute approximate surface area is 197 Å². The first kappa shape index (κ1) is 22.2. The van der Waals surface area contributed by atoms with Gasteiger partial charge in [0.1, 0.15) is 5.69 Å². The Balaban J connectivity index is 1.60. The Hall–Kier alpha value is -3.60. The highest BCUT2D eigenvalue weighted by atomic mass is 32.2. The number of nitrogens with zero attached hydrogens (tertiary/aromatic N) is 4. The lowest BCUT2D eigenvalue weighted by Gasteiger charge is -2.33. The molecule has 1 aliphatic heterocycles. The molecule has 4 heterocycles. The Kier molecular flexibility index (Phi) is 5.64. The number of pyridine rings is 3. The number of piperidine rings is 1. The van der Waals surface area contributed by atoms with E-state index in [1.54, 1.807) is 36.7 Å². The van der Waals surface area contributed by atoms with Crippen molar-refractivity contribution in [3.8, 4) is 22.6 Å². The fourth-order valence-electron chi connectivity index (χ4n) is 4.34. The van der Waals surface area contributed by atoms with Crippen molar-refractivity contribution in [3.63, 3.8) is 0 Å². The molecule has 0 radical (unpaired) electrons. The van der Waals surface area contributed by atoms with E-state index in [1.165, 1.54) is 12.1 Å². The molecule has 9 nitrogen and oxygen atoms in total. The molecule has 1 atom stereocenters. The van der Waals surface area contributed by atoms with Gasteiger partial charge in [-0.2, -0.15) is 0 Å². The third-order valence-electron chi connectivity index (χ3n) is 6.03. The Morgan fingerprint density at radius 2 is 1.88 bits per heavy atom. The topological polar surface area (TPSA) is 154 Å². The molecule has 1 aliphatic rings. The molecule has 1 unspecified atom stereocenters. The van der Waals surface area contributed by atoms with E-state index in [0.717, 1.165) is 42.5 Å². The van der Waals surface area contributed by atoms with E-state index in [-0.39, 0.29) is 10.9 Å². The lowest BCUT2D eigenvalue weighted by atomic mass is 10.0. The van der Waals surface area contributed by atoms with E-state index >= 15 is 0 Å². The smallest absolute Gasteiger partial charge is 0.238 e.